The van der Waals surface area contributed by atoms with Crippen molar-refractivity contribution in [2.45, 2.75) is 44.1 Å². The topological polar surface area (TPSA) is 77.1 Å². The summed E-state index contributed by atoms with van der Waals surface area (Å²) in [4.78, 5) is 26.6. The molecule has 1 aliphatic rings. The third-order valence-corrected chi connectivity index (χ3v) is 6.45. The van der Waals surface area contributed by atoms with Gasteiger partial charge in [0.15, 0.2) is 11.5 Å². The molecule has 34 heavy (non-hydrogen) atoms. The standard InChI is InChI=1S/C26H33FN2O5/c1-29(14-11-18-5-8-22(33-3)23(15-18)34-4)25(31)10-13-26(12-9-24(30)28-26)17-19-6-7-20(32-2)16-21(19)27/h5-8,15-16H,9-14,17H2,1-4H3,(H,28,30). The van der Waals surface area contributed by atoms with Gasteiger partial charge in [-0.25, -0.2) is 4.39 Å². The molecule has 2 aromatic rings. The highest BCUT2D eigenvalue weighted by molar-refractivity contribution is 5.80. The molecule has 1 atom stereocenters. The van der Waals surface area contributed by atoms with Crippen LogP contribution in [0.15, 0.2) is 36.4 Å². The minimum absolute atomic E-state index is 0.0174. The second-order valence-corrected chi connectivity index (χ2v) is 8.72. The van der Waals surface area contributed by atoms with Crippen LogP contribution in [0.4, 0.5) is 4.39 Å². The van der Waals surface area contributed by atoms with E-state index in [9.17, 15) is 14.0 Å². The second-order valence-electron chi connectivity index (χ2n) is 8.72. The summed E-state index contributed by atoms with van der Waals surface area (Å²) in [5, 5.41) is 3.01. The summed E-state index contributed by atoms with van der Waals surface area (Å²) in [6.45, 7) is 0.542. The van der Waals surface area contributed by atoms with Gasteiger partial charge in [0.25, 0.3) is 0 Å². The number of hydrogen-bond acceptors (Lipinski definition) is 5. The van der Waals surface area contributed by atoms with Gasteiger partial charge in [-0.3, -0.25) is 9.59 Å². The van der Waals surface area contributed by atoms with Gasteiger partial charge >= 0.3 is 0 Å². The zero-order valence-electron chi connectivity index (χ0n) is 20.3. The highest BCUT2D eigenvalue weighted by Gasteiger charge is 2.38. The summed E-state index contributed by atoms with van der Waals surface area (Å²) < 4.78 is 30.2. The quantitative estimate of drug-likeness (QED) is 0.542. The van der Waals surface area contributed by atoms with E-state index >= 15 is 0 Å². The Bertz CT molecular complexity index is 1030. The first-order valence-corrected chi connectivity index (χ1v) is 11.4. The van der Waals surface area contributed by atoms with Gasteiger partial charge in [-0.1, -0.05) is 12.1 Å². The van der Waals surface area contributed by atoms with Crippen molar-refractivity contribution in [3.63, 3.8) is 0 Å². The Labute approximate surface area is 200 Å². The summed E-state index contributed by atoms with van der Waals surface area (Å²) in [6.07, 6.45) is 2.66. The van der Waals surface area contributed by atoms with E-state index in [1.807, 2.05) is 18.2 Å². The van der Waals surface area contributed by atoms with Crippen molar-refractivity contribution < 1.29 is 28.2 Å². The number of amides is 2. The van der Waals surface area contributed by atoms with Gasteiger partial charge in [0.05, 0.1) is 21.3 Å². The van der Waals surface area contributed by atoms with E-state index < -0.39 is 5.54 Å². The van der Waals surface area contributed by atoms with Crippen LogP contribution >= 0.6 is 0 Å². The Balaban J connectivity index is 1.59. The summed E-state index contributed by atoms with van der Waals surface area (Å²) in [7, 11) is 6.44. The number of halogens is 1. The Morgan fingerprint density at radius 3 is 2.47 bits per heavy atom. The van der Waals surface area contributed by atoms with E-state index in [0.717, 1.165) is 5.56 Å². The fourth-order valence-electron chi connectivity index (χ4n) is 4.34. The number of rotatable bonds is 11. The van der Waals surface area contributed by atoms with Gasteiger partial charge in [0.1, 0.15) is 11.6 Å². The van der Waals surface area contributed by atoms with Crippen molar-refractivity contribution >= 4 is 11.8 Å². The lowest BCUT2D eigenvalue weighted by atomic mass is 9.84. The van der Waals surface area contributed by atoms with Gasteiger partial charge in [0, 0.05) is 38.0 Å². The van der Waals surface area contributed by atoms with Crippen LogP contribution in [-0.2, 0) is 22.4 Å². The highest BCUT2D eigenvalue weighted by Crippen LogP contribution is 2.32. The third kappa shape index (κ3) is 6.18. The fourth-order valence-corrected chi connectivity index (χ4v) is 4.34. The first kappa shape index (κ1) is 25.3. The van der Waals surface area contributed by atoms with E-state index in [1.165, 1.54) is 13.2 Å². The van der Waals surface area contributed by atoms with E-state index in [4.69, 9.17) is 14.2 Å². The van der Waals surface area contributed by atoms with Crippen LogP contribution in [0.2, 0.25) is 0 Å². The van der Waals surface area contributed by atoms with E-state index in [1.54, 1.807) is 38.3 Å². The molecule has 1 fully saturated rings. The zero-order valence-corrected chi connectivity index (χ0v) is 20.3. The Kier molecular flexibility index (Phi) is 8.36. The van der Waals surface area contributed by atoms with Crippen LogP contribution in [0.5, 0.6) is 17.2 Å². The van der Waals surface area contributed by atoms with Crippen molar-refractivity contribution in [1.82, 2.24) is 10.2 Å². The van der Waals surface area contributed by atoms with Crippen molar-refractivity contribution in [1.29, 1.82) is 0 Å². The molecule has 1 unspecified atom stereocenters. The van der Waals surface area contributed by atoms with Crippen LogP contribution in [0.25, 0.3) is 0 Å². The van der Waals surface area contributed by atoms with Crippen molar-refractivity contribution in [2.24, 2.45) is 0 Å². The average molecular weight is 473 g/mol. The monoisotopic (exact) mass is 472 g/mol. The van der Waals surface area contributed by atoms with E-state index in [0.29, 0.717) is 61.5 Å². The number of carbonyl (C=O) groups excluding carboxylic acids is 2. The Morgan fingerprint density at radius 1 is 1.09 bits per heavy atom. The van der Waals surface area contributed by atoms with Gasteiger partial charge in [-0.15, -0.1) is 0 Å². The number of benzene rings is 2. The van der Waals surface area contributed by atoms with Crippen LogP contribution < -0.4 is 19.5 Å². The minimum Gasteiger partial charge on any atom is -0.497 e. The third-order valence-electron chi connectivity index (χ3n) is 6.45. The van der Waals surface area contributed by atoms with Crippen LogP contribution in [0, 0.1) is 5.82 Å². The molecule has 8 heteroatoms. The molecule has 1 N–H and O–H groups in total. The molecule has 2 aromatic carbocycles. The molecule has 0 radical (unpaired) electrons. The Morgan fingerprint density at radius 2 is 1.85 bits per heavy atom. The summed E-state index contributed by atoms with van der Waals surface area (Å²) in [5.74, 6) is 1.29. The predicted molar refractivity (Wildman–Crippen MR) is 127 cm³/mol. The number of likely N-dealkylation sites (N-methyl/N-ethyl adjacent to an activating group) is 1. The molecule has 0 aliphatic carbocycles. The SMILES string of the molecule is COc1ccc(CC2(CCC(=O)N(C)CCc3ccc(OC)c(OC)c3)CCC(=O)N2)c(F)c1. The molecule has 0 saturated carbocycles. The fraction of sp³-hybridized carbons (Fsp3) is 0.462. The van der Waals surface area contributed by atoms with Gasteiger partial charge in [-0.05, 0) is 55.0 Å². The maximum Gasteiger partial charge on any atom is 0.222 e. The number of ether oxygens (including phenoxy) is 3. The first-order valence-electron chi connectivity index (χ1n) is 11.4. The molecule has 2 amide bonds. The normalized spacial score (nSPS) is 17.3. The molecule has 1 aliphatic heterocycles. The average Bonchev–Trinajstić information content (AvgIpc) is 3.22. The van der Waals surface area contributed by atoms with Crippen molar-refractivity contribution in [3.8, 4) is 17.2 Å². The van der Waals surface area contributed by atoms with Gasteiger partial charge in [-0.2, -0.15) is 0 Å². The number of nitrogens with zero attached hydrogens (tertiary/aromatic N) is 1. The molecule has 1 saturated heterocycles. The lowest BCUT2D eigenvalue weighted by Crippen LogP contribution is -2.45. The number of nitrogens with one attached hydrogen (secondary N) is 1. The van der Waals surface area contributed by atoms with Crippen molar-refractivity contribution in [3.05, 3.63) is 53.3 Å². The zero-order chi connectivity index (χ0) is 24.7. The summed E-state index contributed by atoms with van der Waals surface area (Å²) in [6, 6.07) is 10.4. The highest BCUT2D eigenvalue weighted by atomic mass is 19.1. The molecule has 0 spiro atoms. The van der Waals surface area contributed by atoms with Gasteiger partial charge < -0.3 is 24.4 Å². The largest absolute Gasteiger partial charge is 0.497 e. The molecule has 0 aromatic heterocycles. The first-order chi connectivity index (χ1) is 16.3. The maximum atomic E-state index is 14.6. The summed E-state index contributed by atoms with van der Waals surface area (Å²) >= 11 is 0. The molecular weight excluding hydrogens is 439 g/mol. The molecular formula is C26H33FN2O5. The molecule has 0 bridgehead atoms. The smallest absolute Gasteiger partial charge is 0.222 e. The molecule has 7 nitrogen and oxygen atoms in total. The number of methoxy groups -OCH3 is 3. The van der Waals surface area contributed by atoms with Gasteiger partial charge in [0.2, 0.25) is 11.8 Å². The summed E-state index contributed by atoms with van der Waals surface area (Å²) in [5.41, 5.74) is 0.899. The second kappa shape index (κ2) is 11.2. The lowest BCUT2D eigenvalue weighted by molar-refractivity contribution is -0.130. The minimum atomic E-state index is -0.633. The van der Waals surface area contributed by atoms with Crippen LogP contribution in [-0.4, -0.2) is 57.2 Å². The Hall–Kier alpha value is -3.29. The molecule has 3 rings (SSSR count). The number of hydrogen-bond donors (Lipinski definition) is 1. The predicted octanol–water partition coefficient (Wildman–Crippen LogP) is 3.52. The van der Waals surface area contributed by atoms with Crippen molar-refractivity contribution in [2.75, 3.05) is 34.9 Å². The molecule has 184 valence electrons. The maximum absolute atomic E-state index is 14.6. The number of carbonyl (C=O) groups is 2. The van der Waals surface area contributed by atoms with Crippen LogP contribution in [0.3, 0.4) is 0 Å². The lowest BCUT2D eigenvalue weighted by Gasteiger charge is -2.30. The van der Waals surface area contributed by atoms with E-state index in [2.05, 4.69) is 5.32 Å². The molecule has 1 heterocycles. The van der Waals surface area contributed by atoms with E-state index in [-0.39, 0.29) is 24.1 Å². The van der Waals surface area contributed by atoms with Crippen LogP contribution in [0.1, 0.15) is 36.8 Å².